The lowest BCUT2D eigenvalue weighted by molar-refractivity contribution is 0.997. The maximum atomic E-state index is 4.28. The zero-order valence-electron chi connectivity index (χ0n) is 6.50. The van der Waals surface area contributed by atoms with Crippen molar-refractivity contribution in [3.05, 3.63) is 15.9 Å². The summed E-state index contributed by atoms with van der Waals surface area (Å²) in [6.07, 6.45) is 2.43. The summed E-state index contributed by atoms with van der Waals surface area (Å²) in [5.41, 5.74) is 1.70. The Hall–Kier alpha value is -0.720. The standard InChI is InChI=1S/C7H7IN4/c1-2-4-11-5-6(8)9-3-10-7(5)12-4/h3H,2H2,1H3,(H,9,10,11,12). The van der Waals surface area contributed by atoms with E-state index in [1.165, 1.54) is 6.33 Å². The zero-order valence-corrected chi connectivity index (χ0v) is 8.66. The van der Waals surface area contributed by atoms with E-state index in [9.17, 15) is 0 Å². The molecule has 0 unspecified atom stereocenters. The Morgan fingerprint density at radius 3 is 3.00 bits per heavy atom. The highest BCUT2D eigenvalue weighted by molar-refractivity contribution is 14.1. The highest BCUT2D eigenvalue weighted by Gasteiger charge is 2.05. The summed E-state index contributed by atoms with van der Waals surface area (Å²) < 4.78 is 0.921. The van der Waals surface area contributed by atoms with Crippen LogP contribution < -0.4 is 0 Å². The van der Waals surface area contributed by atoms with Gasteiger partial charge in [-0.25, -0.2) is 15.0 Å². The smallest absolute Gasteiger partial charge is 0.181 e. The first-order chi connectivity index (χ1) is 5.81. The molecule has 0 saturated carbocycles. The number of aromatic nitrogens is 4. The molecule has 0 bridgehead atoms. The fourth-order valence-corrected chi connectivity index (χ4v) is 1.52. The molecule has 0 aliphatic carbocycles. The number of nitrogens with one attached hydrogen (secondary N) is 1. The van der Waals surface area contributed by atoms with Crippen molar-refractivity contribution in [2.45, 2.75) is 13.3 Å². The molecule has 2 heterocycles. The fraction of sp³-hybridized carbons (Fsp3) is 0.286. The highest BCUT2D eigenvalue weighted by atomic mass is 127. The second-order valence-corrected chi connectivity index (χ2v) is 3.42. The number of hydrogen-bond donors (Lipinski definition) is 1. The number of hydrogen-bond acceptors (Lipinski definition) is 3. The second-order valence-electron chi connectivity index (χ2n) is 2.40. The first kappa shape index (κ1) is 7.90. The van der Waals surface area contributed by atoms with Crippen molar-refractivity contribution in [1.82, 2.24) is 19.9 Å². The Labute approximate surface area is 83.0 Å². The first-order valence-electron chi connectivity index (χ1n) is 3.66. The van der Waals surface area contributed by atoms with Crippen LogP contribution in [0.3, 0.4) is 0 Å². The monoisotopic (exact) mass is 274 g/mol. The minimum Gasteiger partial charge on any atom is -0.338 e. The molecule has 0 spiro atoms. The Kier molecular flexibility index (Phi) is 1.95. The van der Waals surface area contributed by atoms with Crippen molar-refractivity contribution < 1.29 is 0 Å². The van der Waals surface area contributed by atoms with Gasteiger partial charge in [0.15, 0.2) is 5.65 Å². The Balaban J connectivity index is 2.74. The van der Waals surface area contributed by atoms with Crippen molar-refractivity contribution in [3.8, 4) is 0 Å². The van der Waals surface area contributed by atoms with Crippen LogP contribution in [0.15, 0.2) is 6.33 Å². The van der Waals surface area contributed by atoms with Gasteiger partial charge in [0.1, 0.15) is 21.4 Å². The third-order valence-electron chi connectivity index (χ3n) is 1.63. The molecule has 0 aliphatic rings. The van der Waals surface area contributed by atoms with Crippen LogP contribution in [0.2, 0.25) is 0 Å². The number of nitrogens with zero attached hydrogens (tertiary/aromatic N) is 3. The molecule has 0 aliphatic heterocycles. The van der Waals surface area contributed by atoms with Crippen LogP contribution in [0.25, 0.3) is 11.2 Å². The summed E-state index contributed by atoms with van der Waals surface area (Å²) in [5.74, 6) is 0.961. The maximum absolute atomic E-state index is 4.28. The molecular weight excluding hydrogens is 267 g/mol. The molecule has 0 aromatic carbocycles. The van der Waals surface area contributed by atoms with Crippen LogP contribution in [0.1, 0.15) is 12.7 Å². The Morgan fingerprint density at radius 2 is 2.33 bits per heavy atom. The van der Waals surface area contributed by atoms with Crippen LogP contribution in [0.4, 0.5) is 0 Å². The van der Waals surface area contributed by atoms with Crippen molar-refractivity contribution in [1.29, 1.82) is 0 Å². The third-order valence-corrected chi connectivity index (χ3v) is 2.44. The lowest BCUT2D eigenvalue weighted by Crippen LogP contribution is -1.84. The van der Waals surface area contributed by atoms with Gasteiger partial charge in [-0.2, -0.15) is 0 Å². The van der Waals surface area contributed by atoms with Crippen molar-refractivity contribution in [2.24, 2.45) is 0 Å². The summed E-state index contributed by atoms with van der Waals surface area (Å²) in [6, 6.07) is 0. The van der Waals surface area contributed by atoms with Gasteiger partial charge in [0.2, 0.25) is 0 Å². The van der Waals surface area contributed by atoms with E-state index in [1.807, 2.05) is 0 Å². The zero-order chi connectivity index (χ0) is 8.55. The van der Waals surface area contributed by atoms with Crippen LogP contribution in [-0.2, 0) is 6.42 Å². The van der Waals surface area contributed by atoms with Gasteiger partial charge in [-0.3, -0.25) is 0 Å². The molecular formula is C7H7IN4. The molecule has 62 valence electrons. The van der Waals surface area contributed by atoms with Gasteiger partial charge in [-0.1, -0.05) is 6.92 Å². The quantitative estimate of drug-likeness (QED) is 0.633. The molecule has 2 rings (SSSR count). The summed E-state index contributed by atoms with van der Waals surface area (Å²) in [5, 5.41) is 0. The van der Waals surface area contributed by atoms with Gasteiger partial charge in [0, 0.05) is 6.42 Å². The number of H-pyrrole nitrogens is 1. The molecule has 0 amide bonds. The average molecular weight is 274 g/mol. The van der Waals surface area contributed by atoms with E-state index in [0.717, 1.165) is 27.1 Å². The van der Waals surface area contributed by atoms with E-state index in [4.69, 9.17) is 0 Å². The third kappa shape index (κ3) is 1.17. The molecule has 5 heteroatoms. The van der Waals surface area contributed by atoms with Crippen LogP contribution in [0, 0.1) is 3.70 Å². The summed E-state index contributed by atoms with van der Waals surface area (Å²) in [7, 11) is 0. The topological polar surface area (TPSA) is 54.5 Å². The van der Waals surface area contributed by atoms with Crippen LogP contribution >= 0.6 is 22.6 Å². The van der Waals surface area contributed by atoms with Gasteiger partial charge in [-0.05, 0) is 22.6 Å². The summed E-state index contributed by atoms with van der Waals surface area (Å²) in [4.78, 5) is 15.6. The second kappa shape index (κ2) is 2.96. The number of aromatic amines is 1. The van der Waals surface area contributed by atoms with Gasteiger partial charge in [0.05, 0.1) is 0 Å². The number of aryl methyl sites for hydroxylation is 1. The normalized spacial score (nSPS) is 10.8. The fourth-order valence-electron chi connectivity index (χ4n) is 1.02. The minimum atomic E-state index is 0.756. The summed E-state index contributed by atoms with van der Waals surface area (Å²) in [6.45, 7) is 2.05. The molecule has 2 aromatic heterocycles. The molecule has 2 aromatic rings. The SMILES string of the molecule is CCc1nc2ncnc(I)c2[nH]1. The average Bonchev–Trinajstić information content (AvgIpc) is 2.49. The number of imidazole rings is 1. The maximum Gasteiger partial charge on any atom is 0.181 e. The molecule has 0 atom stereocenters. The molecule has 4 nitrogen and oxygen atoms in total. The largest absolute Gasteiger partial charge is 0.338 e. The van der Waals surface area contributed by atoms with E-state index in [1.54, 1.807) is 0 Å². The van der Waals surface area contributed by atoms with Gasteiger partial charge >= 0.3 is 0 Å². The molecule has 0 fully saturated rings. The predicted molar refractivity (Wildman–Crippen MR) is 53.8 cm³/mol. The predicted octanol–water partition coefficient (Wildman–Crippen LogP) is 1.52. The molecule has 0 saturated heterocycles. The number of fused-ring (bicyclic) bond motifs is 1. The number of halogens is 1. The molecule has 0 radical (unpaired) electrons. The highest BCUT2D eigenvalue weighted by Crippen LogP contribution is 2.13. The van der Waals surface area contributed by atoms with Crippen molar-refractivity contribution in [2.75, 3.05) is 0 Å². The lowest BCUT2D eigenvalue weighted by Gasteiger charge is -1.87. The molecule has 1 N–H and O–H groups in total. The Bertz CT molecular complexity index is 409. The van der Waals surface area contributed by atoms with Gasteiger partial charge < -0.3 is 4.98 Å². The van der Waals surface area contributed by atoms with Crippen molar-refractivity contribution in [3.63, 3.8) is 0 Å². The van der Waals surface area contributed by atoms with E-state index in [-0.39, 0.29) is 0 Å². The van der Waals surface area contributed by atoms with Gasteiger partial charge in [-0.15, -0.1) is 0 Å². The Morgan fingerprint density at radius 1 is 1.50 bits per heavy atom. The van der Waals surface area contributed by atoms with E-state index >= 15 is 0 Å². The van der Waals surface area contributed by atoms with E-state index in [2.05, 4.69) is 49.5 Å². The minimum absolute atomic E-state index is 0.756. The van der Waals surface area contributed by atoms with Gasteiger partial charge in [0.25, 0.3) is 0 Å². The number of rotatable bonds is 1. The summed E-state index contributed by atoms with van der Waals surface area (Å²) >= 11 is 2.17. The lowest BCUT2D eigenvalue weighted by atomic mass is 10.5. The molecule has 12 heavy (non-hydrogen) atoms. The van der Waals surface area contributed by atoms with E-state index in [0.29, 0.717) is 0 Å². The van der Waals surface area contributed by atoms with Crippen molar-refractivity contribution >= 4 is 33.8 Å². The first-order valence-corrected chi connectivity index (χ1v) is 4.74. The van der Waals surface area contributed by atoms with Crippen LogP contribution in [-0.4, -0.2) is 19.9 Å². The van der Waals surface area contributed by atoms with Crippen LogP contribution in [0.5, 0.6) is 0 Å². The van der Waals surface area contributed by atoms with E-state index < -0.39 is 0 Å².